The van der Waals surface area contributed by atoms with Crippen LogP contribution in [0, 0.1) is 17.3 Å². The lowest BCUT2D eigenvalue weighted by molar-refractivity contribution is -0.151. The summed E-state index contributed by atoms with van der Waals surface area (Å²) >= 11 is 0. The molecule has 4 unspecified atom stereocenters. The van der Waals surface area contributed by atoms with E-state index in [1.165, 1.54) is 6.42 Å². The molecule has 2 aliphatic heterocycles. The second-order valence-corrected chi connectivity index (χ2v) is 4.87. The van der Waals surface area contributed by atoms with Crippen LogP contribution in [0.4, 0.5) is 0 Å². The van der Waals surface area contributed by atoms with E-state index in [4.69, 9.17) is 9.47 Å². The summed E-state index contributed by atoms with van der Waals surface area (Å²) in [4.78, 5) is 12.0. The Morgan fingerprint density at radius 3 is 3.00 bits per heavy atom. The van der Waals surface area contributed by atoms with E-state index < -0.39 is 6.29 Å². The first-order valence-electron chi connectivity index (χ1n) is 5.13. The third kappa shape index (κ3) is 0.680. The number of rotatable bonds is 0. The van der Waals surface area contributed by atoms with E-state index in [0.29, 0.717) is 18.4 Å². The summed E-state index contributed by atoms with van der Waals surface area (Å²) in [5, 5.41) is 0. The fourth-order valence-electron chi connectivity index (χ4n) is 3.21. The minimum Gasteiger partial charge on any atom is -0.343 e. The highest BCUT2D eigenvalue weighted by molar-refractivity contribution is 5.91. The normalized spacial score (nSPS) is 54.6. The molecule has 3 heteroatoms. The standard InChI is InChI=1S/C10H12O3/c11-8-9-12-4-7(13-9)5-3-6(5)10(8)1-2-10/h5-7,9H,1-4H2. The zero-order valence-corrected chi connectivity index (χ0v) is 7.36. The molecule has 13 heavy (non-hydrogen) atoms. The molecular formula is C10H12O3. The van der Waals surface area contributed by atoms with Gasteiger partial charge in [0.25, 0.3) is 0 Å². The quantitative estimate of drug-likeness (QED) is 0.551. The van der Waals surface area contributed by atoms with E-state index >= 15 is 0 Å². The van der Waals surface area contributed by atoms with Gasteiger partial charge in [-0.3, -0.25) is 4.79 Å². The van der Waals surface area contributed by atoms with Crippen molar-refractivity contribution in [2.75, 3.05) is 6.61 Å². The van der Waals surface area contributed by atoms with Crippen molar-refractivity contribution < 1.29 is 14.3 Å². The minimum atomic E-state index is -0.500. The van der Waals surface area contributed by atoms with Crippen LogP contribution in [0.15, 0.2) is 0 Å². The van der Waals surface area contributed by atoms with Gasteiger partial charge in [0.05, 0.1) is 12.7 Å². The van der Waals surface area contributed by atoms with Gasteiger partial charge in [-0.05, 0) is 31.1 Å². The zero-order chi connectivity index (χ0) is 8.63. The second kappa shape index (κ2) is 1.84. The maximum absolute atomic E-state index is 12.0. The number of ether oxygens (including phenoxy) is 2. The van der Waals surface area contributed by atoms with Crippen molar-refractivity contribution in [3.05, 3.63) is 0 Å². The van der Waals surface area contributed by atoms with Crippen molar-refractivity contribution in [3.63, 3.8) is 0 Å². The smallest absolute Gasteiger partial charge is 0.218 e. The summed E-state index contributed by atoms with van der Waals surface area (Å²) in [6.07, 6.45) is 3.11. The van der Waals surface area contributed by atoms with E-state index in [-0.39, 0.29) is 17.3 Å². The maximum atomic E-state index is 12.0. The Bertz CT molecular complexity index is 295. The maximum Gasteiger partial charge on any atom is 0.218 e. The van der Waals surface area contributed by atoms with E-state index in [0.717, 1.165) is 12.8 Å². The molecular weight excluding hydrogens is 168 g/mol. The van der Waals surface area contributed by atoms with Crippen LogP contribution in [-0.4, -0.2) is 24.8 Å². The van der Waals surface area contributed by atoms with Gasteiger partial charge in [0.1, 0.15) is 0 Å². The lowest BCUT2D eigenvalue weighted by Gasteiger charge is -2.15. The zero-order valence-electron chi connectivity index (χ0n) is 7.36. The van der Waals surface area contributed by atoms with E-state index in [2.05, 4.69) is 0 Å². The minimum absolute atomic E-state index is 0.0184. The molecule has 0 aromatic carbocycles. The van der Waals surface area contributed by atoms with Crippen LogP contribution in [0.5, 0.6) is 0 Å². The number of hydrogen-bond acceptors (Lipinski definition) is 3. The van der Waals surface area contributed by atoms with Crippen molar-refractivity contribution >= 4 is 5.78 Å². The Hall–Kier alpha value is -0.410. The Labute approximate surface area is 76.4 Å². The molecule has 0 N–H and O–H groups in total. The number of carbonyl (C=O) groups excluding carboxylic acids is 1. The van der Waals surface area contributed by atoms with Crippen LogP contribution in [0.25, 0.3) is 0 Å². The Balaban J connectivity index is 1.79. The first-order chi connectivity index (χ1) is 6.31. The van der Waals surface area contributed by atoms with E-state index in [1.54, 1.807) is 0 Å². The first-order valence-corrected chi connectivity index (χ1v) is 5.13. The molecule has 4 fully saturated rings. The van der Waals surface area contributed by atoms with Crippen LogP contribution in [0.1, 0.15) is 19.3 Å². The third-order valence-corrected chi connectivity index (χ3v) is 4.23. The van der Waals surface area contributed by atoms with Crippen LogP contribution < -0.4 is 0 Å². The molecule has 2 aliphatic carbocycles. The first kappa shape index (κ1) is 6.96. The molecule has 3 nitrogen and oxygen atoms in total. The van der Waals surface area contributed by atoms with Crippen LogP contribution >= 0.6 is 0 Å². The summed E-state index contributed by atoms with van der Waals surface area (Å²) in [7, 11) is 0. The Morgan fingerprint density at radius 2 is 2.23 bits per heavy atom. The summed E-state index contributed by atoms with van der Waals surface area (Å²) in [6, 6.07) is 0. The molecule has 2 saturated carbocycles. The molecule has 0 aromatic heterocycles. The molecule has 0 amide bonds. The van der Waals surface area contributed by atoms with Gasteiger partial charge in [-0.2, -0.15) is 0 Å². The topological polar surface area (TPSA) is 35.5 Å². The highest BCUT2D eigenvalue weighted by atomic mass is 16.7. The molecule has 0 aromatic rings. The predicted molar refractivity (Wildman–Crippen MR) is 42.9 cm³/mol. The lowest BCUT2D eigenvalue weighted by Crippen LogP contribution is -2.30. The summed E-state index contributed by atoms with van der Waals surface area (Å²) in [5.41, 5.74) is 0.0184. The monoisotopic (exact) mass is 180 g/mol. The van der Waals surface area contributed by atoms with Gasteiger partial charge in [0.15, 0.2) is 5.78 Å². The van der Waals surface area contributed by atoms with Crippen LogP contribution in [0.3, 0.4) is 0 Å². The molecule has 2 saturated heterocycles. The van der Waals surface area contributed by atoms with Gasteiger partial charge in [0.2, 0.25) is 6.29 Å². The van der Waals surface area contributed by atoms with Crippen molar-refractivity contribution in [3.8, 4) is 0 Å². The Morgan fingerprint density at radius 1 is 1.38 bits per heavy atom. The molecule has 2 heterocycles. The van der Waals surface area contributed by atoms with Crippen LogP contribution in [-0.2, 0) is 14.3 Å². The van der Waals surface area contributed by atoms with E-state index in [9.17, 15) is 4.79 Å². The highest BCUT2D eigenvalue weighted by Crippen LogP contribution is 2.68. The van der Waals surface area contributed by atoms with Gasteiger partial charge in [-0.25, -0.2) is 0 Å². The Kier molecular flexibility index (Phi) is 0.984. The van der Waals surface area contributed by atoms with Gasteiger partial charge in [-0.15, -0.1) is 0 Å². The predicted octanol–water partition coefficient (Wildman–Crippen LogP) is 0.727. The average molecular weight is 180 g/mol. The summed E-state index contributed by atoms with van der Waals surface area (Å²) in [6.45, 7) is 0.646. The molecule has 2 bridgehead atoms. The van der Waals surface area contributed by atoms with Crippen molar-refractivity contribution in [1.29, 1.82) is 0 Å². The van der Waals surface area contributed by atoms with Crippen molar-refractivity contribution in [1.82, 2.24) is 0 Å². The van der Waals surface area contributed by atoms with Gasteiger partial charge in [0, 0.05) is 5.41 Å². The number of Topliss-reactive ketones (excluding diaryl/α,β-unsaturated/α-hetero) is 1. The molecule has 0 radical (unpaired) electrons. The number of fused-ring (bicyclic) bond motifs is 5. The molecule has 70 valence electrons. The molecule has 1 spiro atoms. The third-order valence-electron chi connectivity index (χ3n) is 4.23. The average Bonchev–Trinajstić information content (AvgIpc) is 3.00. The summed E-state index contributed by atoms with van der Waals surface area (Å²) in [5.74, 6) is 1.54. The number of ketones is 1. The second-order valence-electron chi connectivity index (χ2n) is 4.87. The van der Waals surface area contributed by atoms with E-state index in [1.807, 2.05) is 0 Å². The lowest BCUT2D eigenvalue weighted by atomic mass is 9.92. The van der Waals surface area contributed by atoms with Crippen LogP contribution in [0.2, 0.25) is 0 Å². The van der Waals surface area contributed by atoms with Crippen molar-refractivity contribution in [2.45, 2.75) is 31.7 Å². The SMILES string of the molecule is O=C1C2OCC(O2)C2CC2C12CC2. The van der Waals surface area contributed by atoms with Gasteiger partial charge in [-0.1, -0.05) is 0 Å². The molecule has 4 rings (SSSR count). The number of carbonyl (C=O) groups is 1. The molecule has 4 aliphatic rings. The van der Waals surface area contributed by atoms with Crippen molar-refractivity contribution in [2.24, 2.45) is 17.3 Å². The van der Waals surface area contributed by atoms with Gasteiger partial charge < -0.3 is 9.47 Å². The highest BCUT2D eigenvalue weighted by Gasteiger charge is 2.70. The fraction of sp³-hybridized carbons (Fsp3) is 0.900. The largest absolute Gasteiger partial charge is 0.343 e. The fourth-order valence-corrected chi connectivity index (χ4v) is 3.21. The number of hydrogen-bond donors (Lipinski definition) is 0. The van der Waals surface area contributed by atoms with Gasteiger partial charge >= 0.3 is 0 Å². The summed E-state index contributed by atoms with van der Waals surface area (Å²) < 4.78 is 11.0. The molecule has 4 atom stereocenters.